The van der Waals surface area contributed by atoms with Gasteiger partial charge in [-0.05, 0) is 66.8 Å². The van der Waals surface area contributed by atoms with Crippen molar-refractivity contribution in [3.8, 4) is 6.07 Å². The van der Waals surface area contributed by atoms with E-state index < -0.39 is 12.1 Å². The number of halogens is 1. The molecule has 180 valence electrons. The van der Waals surface area contributed by atoms with E-state index in [1.165, 1.54) is 0 Å². The summed E-state index contributed by atoms with van der Waals surface area (Å²) in [6.45, 7) is 5.61. The molecule has 0 saturated heterocycles. The first kappa shape index (κ1) is 26.0. The van der Waals surface area contributed by atoms with Gasteiger partial charge in [-0.15, -0.1) is 0 Å². The highest BCUT2D eigenvalue weighted by Crippen LogP contribution is 2.27. The van der Waals surface area contributed by atoms with Crippen LogP contribution in [0, 0.1) is 17.2 Å². The van der Waals surface area contributed by atoms with Crippen LogP contribution in [0.4, 0.5) is 0 Å². The first-order chi connectivity index (χ1) is 16.8. The maximum Gasteiger partial charge on any atom is 0.338 e. The van der Waals surface area contributed by atoms with Crippen molar-refractivity contribution in [3.05, 3.63) is 106 Å². The quantitative estimate of drug-likeness (QED) is 0.379. The number of ether oxygens (including phenoxy) is 1. The number of carbonyl (C=O) groups is 2. The highest BCUT2D eigenvalue weighted by Gasteiger charge is 2.30. The van der Waals surface area contributed by atoms with E-state index in [0.29, 0.717) is 22.6 Å². The second-order valence-corrected chi connectivity index (χ2v) is 9.34. The fourth-order valence-corrected chi connectivity index (χ4v) is 4.08. The third kappa shape index (κ3) is 7.18. The topological polar surface area (TPSA) is 79.2 Å². The molecule has 1 amide bonds. The number of hydrogen-bond acceptors (Lipinski definition) is 4. The summed E-state index contributed by atoms with van der Waals surface area (Å²) in [4.78, 5) is 25.9. The molecule has 0 saturated carbocycles. The SMILES string of the molecule is CC(C)[C@H](OC(=O)c1ccccc1)C(=O)N[C@@H](C)[C@@H](Cc1ccc(Cl)cc1)c1cccc(C#N)c1. The van der Waals surface area contributed by atoms with Crippen LogP contribution in [0.5, 0.6) is 0 Å². The highest BCUT2D eigenvalue weighted by molar-refractivity contribution is 6.30. The number of rotatable bonds is 9. The van der Waals surface area contributed by atoms with Crippen LogP contribution in [0.15, 0.2) is 78.9 Å². The van der Waals surface area contributed by atoms with Crippen LogP contribution in [0.3, 0.4) is 0 Å². The van der Waals surface area contributed by atoms with Crippen LogP contribution in [0.25, 0.3) is 0 Å². The summed E-state index contributed by atoms with van der Waals surface area (Å²) in [6, 6.07) is 25.5. The predicted octanol–water partition coefficient (Wildman–Crippen LogP) is 5.92. The van der Waals surface area contributed by atoms with Crippen LogP contribution in [-0.4, -0.2) is 24.0 Å². The van der Waals surface area contributed by atoms with E-state index in [2.05, 4.69) is 11.4 Å². The van der Waals surface area contributed by atoms with E-state index in [-0.39, 0.29) is 23.8 Å². The van der Waals surface area contributed by atoms with Gasteiger partial charge in [-0.2, -0.15) is 5.26 Å². The fraction of sp³-hybridized carbons (Fsp3) is 0.276. The lowest BCUT2D eigenvalue weighted by molar-refractivity contribution is -0.133. The highest BCUT2D eigenvalue weighted by atomic mass is 35.5. The molecule has 3 aromatic carbocycles. The molecule has 0 unspecified atom stereocenters. The number of nitrogens with zero attached hydrogens (tertiary/aromatic N) is 1. The number of benzene rings is 3. The summed E-state index contributed by atoms with van der Waals surface area (Å²) in [6.07, 6.45) is -0.310. The lowest BCUT2D eigenvalue weighted by atomic mass is 9.85. The summed E-state index contributed by atoms with van der Waals surface area (Å²) in [5.41, 5.74) is 2.94. The Hall–Kier alpha value is -3.62. The number of amides is 1. The summed E-state index contributed by atoms with van der Waals surface area (Å²) in [5.74, 6) is -1.22. The van der Waals surface area contributed by atoms with Crippen molar-refractivity contribution in [3.63, 3.8) is 0 Å². The number of nitrogens with one attached hydrogen (secondary N) is 1. The Kier molecular flexibility index (Phi) is 9.05. The minimum absolute atomic E-state index is 0.119. The smallest absolute Gasteiger partial charge is 0.338 e. The molecule has 0 aliphatic rings. The van der Waals surface area contributed by atoms with Gasteiger partial charge >= 0.3 is 5.97 Å². The van der Waals surface area contributed by atoms with Gasteiger partial charge in [-0.1, -0.05) is 67.9 Å². The summed E-state index contributed by atoms with van der Waals surface area (Å²) in [5, 5.41) is 13.1. The number of hydrogen-bond donors (Lipinski definition) is 1. The van der Waals surface area contributed by atoms with E-state index in [1.807, 2.05) is 69.3 Å². The third-order valence-electron chi connectivity index (χ3n) is 5.89. The molecule has 0 aliphatic heterocycles. The molecule has 0 spiro atoms. The predicted molar refractivity (Wildman–Crippen MR) is 137 cm³/mol. The zero-order valence-electron chi connectivity index (χ0n) is 20.1. The van der Waals surface area contributed by atoms with Gasteiger partial charge in [0.05, 0.1) is 17.2 Å². The Bertz CT molecular complexity index is 1190. The van der Waals surface area contributed by atoms with Crippen molar-refractivity contribution < 1.29 is 14.3 Å². The third-order valence-corrected chi connectivity index (χ3v) is 6.15. The van der Waals surface area contributed by atoms with Gasteiger partial charge in [0.25, 0.3) is 5.91 Å². The molecule has 6 heteroatoms. The monoisotopic (exact) mass is 488 g/mol. The largest absolute Gasteiger partial charge is 0.448 e. The Balaban J connectivity index is 1.81. The van der Waals surface area contributed by atoms with E-state index in [4.69, 9.17) is 16.3 Å². The Morgan fingerprint density at radius 1 is 0.971 bits per heavy atom. The molecule has 0 aliphatic carbocycles. The van der Waals surface area contributed by atoms with Crippen LogP contribution in [0.1, 0.15) is 53.7 Å². The Morgan fingerprint density at radius 3 is 2.29 bits per heavy atom. The molecular formula is C29H29ClN2O3. The molecule has 0 aromatic heterocycles. The van der Waals surface area contributed by atoms with Crippen molar-refractivity contribution in [2.24, 2.45) is 5.92 Å². The average molecular weight is 489 g/mol. The van der Waals surface area contributed by atoms with Crippen LogP contribution in [0.2, 0.25) is 5.02 Å². The molecule has 5 nitrogen and oxygen atoms in total. The number of nitriles is 1. The molecule has 1 N–H and O–H groups in total. The van der Waals surface area contributed by atoms with E-state index in [0.717, 1.165) is 11.1 Å². The van der Waals surface area contributed by atoms with Crippen LogP contribution >= 0.6 is 11.6 Å². The van der Waals surface area contributed by atoms with Crippen LogP contribution in [-0.2, 0) is 16.0 Å². The molecule has 0 heterocycles. The number of esters is 1. The minimum atomic E-state index is -0.938. The molecule has 3 rings (SSSR count). The zero-order chi connectivity index (χ0) is 25.4. The maximum absolute atomic E-state index is 13.3. The average Bonchev–Trinajstić information content (AvgIpc) is 2.86. The molecule has 0 radical (unpaired) electrons. The molecule has 0 bridgehead atoms. The van der Waals surface area contributed by atoms with Gasteiger partial charge in [0.15, 0.2) is 6.10 Å². The summed E-state index contributed by atoms with van der Waals surface area (Å²) in [7, 11) is 0. The second kappa shape index (κ2) is 12.2. The van der Waals surface area contributed by atoms with Crippen molar-refractivity contribution in [2.45, 2.75) is 45.3 Å². The first-order valence-corrected chi connectivity index (χ1v) is 12.0. The Labute approximate surface area is 211 Å². The van der Waals surface area contributed by atoms with E-state index in [9.17, 15) is 14.9 Å². The van der Waals surface area contributed by atoms with Gasteiger partial charge in [0.1, 0.15) is 0 Å². The standard InChI is InChI=1S/C29H29ClN2O3/c1-19(2)27(35-29(34)23-9-5-4-6-10-23)28(33)32-20(3)26(17-21-12-14-25(30)15-13-21)24-11-7-8-22(16-24)18-31/h4-16,19-20,26-27H,17H2,1-3H3,(H,32,33)/t20-,26+,27-/m0/s1. The normalized spacial score (nSPS) is 13.4. The lowest BCUT2D eigenvalue weighted by Gasteiger charge is -2.29. The second-order valence-electron chi connectivity index (χ2n) is 8.91. The minimum Gasteiger partial charge on any atom is -0.448 e. The van der Waals surface area contributed by atoms with Gasteiger partial charge in [-0.25, -0.2) is 4.79 Å². The molecular weight excluding hydrogens is 460 g/mol. The molecule has 0 fully saturated rings. The van der Waals surface area contributed by atoms with Gasteiger partial charge < -0.3 is 10.1 Å². The fourth-order valence-electron chi connectivity index (χ4n) is 3.95. The van der Waals surface area contributed by atoms with E-state index in [1.54, 1.807) is 30.3 Å². The Morgan fingerprint density at radius 2 is 1.66 bits per heavy atom. The van der Waals surface area contributed by atoms with E-state index >= 15 is 0 Å². The van der Waals surface area contributed by atoms with Gasteiger partial charge in [-0.3, -0.25) is 4.79 Å². The van der Waals surface area contributed by atoms with Crippen LogP contribution < -0.4 is 5.32 Å². The number of carbonyl (C=O) groups excluding carboxylic acids is 2. The van der Waals surface area contributed by atoms with Gasteiger partial charge in [0, 0.05) is 17.0 Å². The van der Waals surface area contributed by atoms with Gasteiger partial charge in [0.2, 0.25) is 0 Å². The maximum atomic E-state index is 13.3. The summed E-state index contributed by atoms with van der Waals surface area (Å²) < 4.78 is 5.61. The molecule has 3 aromatic rings. The lowest BCUT2D eigenvalue weighted by Crippen LogP contribution is -2.46. The molecule has 3 atom stereocenters. The van der Waals surface area contributed by atoms with Crippen molar-refractivity contribution in [1.82, 2.24) is 5.32 Å². The van der Waals surface area contributed by atoms with Crippen molar-refractivity contribution in [1.29, 1.82) is 5.26 Å². The first-order valence-electron chi connectivity index (χ1n) is 11.6. The molecule has 35 heavy (non-hydrogen) atoms. The van der Waals surface area contributed by atoms with Crippen molar-refractivity contribution in [2.75, 3.05) is 0 Å². The zero-order valence-corrected chi connectivity index (χ0v) is 20.8. The van der Waals surface area contributed by atoms with Crippen molar-refractivity contribution >= 4 is 23.5 Å². The summed E-state index contributed by atoms with van der Waals surface area (Å²) >= 11 is 6.05.